The van der Waals surface area contributed by atoms with Gasteiger partial charge in [0.1, 0.15) is 11.9 Å². The number of guanidine groups is 1. The lowest BCUT2D eigenvalue weighted by atomic mass is 10.1. The molecule has 2 N–H and O–H groups in total. The molecule has 8 heteroatoms. The molecular formula is C23H34IN3O4. The molecule has 31 heavy (non-hydrogen) atoms. The Kier molecular flexibility index (Phi) is 11.9. The summed E-state index contributed by atoms with van der Waals surface area (Å²) in [7, 11) is 4.80. The van der Waals surface area contributed by atoms with Crippen molar-refractivity contribution in [3.05, 3.63) is 47.5 Å². The maximum absolute atomic E-state index is 6.03. The summed E-state index contributed by atoms with van der Waals surface area (Å²) in [6.07, 6.45) is -0.0226. The Morgan fingerprint density at radius 1 is 0.935 bits per heavy atom. The van der Waals surface area contributed by atoms with Crippen molar-refractivity contribution in [2.75, 3.05) is 34.4 Å². The van der Waals surface area contributed by atoms with E-state index in [0.717, 1.165) is 23.4 Å². The Hall–Kier alpha value is -2.36. The Labute approximate surface area is 202 Å². The van der Waals surface area contributed by atoms with Crippen LogP contribution in [0.3, 0.4) is 0 Å². The van der Waals surface area contributed by atoms with Gasteiger partial charge in [-0.3, -0.25) is 0 Å². The summed E-state index contributed by atoms with van der Waals surface area (Å²) in [6.45, 7) is 7.89. The molecule has 2 rings (SSSR count). The highest BCUT2D eigenvalue weighted by molar-refractivity contribution is 14.0. The zero-order valence-electron chi connectivity index (χ0n) is 19.2. The normalized spacial score (nSPS) is 11.7. The Bertz CT molecular complexity index is 846. The van der Waals surface area contributed by atoms with E-state index < -0.39 is 0 Å². The maximum atomic E-state index is 6.03. The molecule has 0 aliphatic heterocycles. The molecule has 0 bridgehead atoms. The van der Waals surface area contributed by atoms with Gasteiger partial charge in [0.2, 0.25) is 5.75 Å². The predicted octanol–water partition coefficient (Wildman–Crippen LogP) is 4.16. The lowest BCUT2D eigenvalue weighted by molar-refractivity contribution is 0.222. The minimum Gasteiger partial charge on any atom is -0.493 e. The number of aliphatic imine (C=N–C) groups is 1. The molecule has 0 amide bonds. The van der Waals surface area contributed by atoms with Crippen molar-refractivity contribution < 1.29 is 18.9 Å². The smallest absolute Gasteiger partial charge is 0.203 e. The van der Waals surface area contributed by atoms with Gasteiger partial charge in [-0.15, -0.1) is 24.0 Å². The van der Waals surface area contributed by atoms with Crippen LogP contribution in [-0.4, -0.2) is 46.5 Å². The second kappa shape index (κ2) is 13.8. The van der Waals surface area contributed by atoms with Gasteiger partial charge in [-0.25, -0.2) is 4.99 Å². The summed E-state index contributed by atoms with van der Waals surface area (Å²) in [5.74, 6) is 3.39. The van der Waals surface area contributed by atoms with Crippen molar-refractivity contribution >= 4 is 29.9 Å². The van der Waals surface area contributed by atoms with Gasteiger partial charge in [0.25, 0.3) is 0 Å². The van der Waals surface area contributed by atoms with Crippen LogP contribution in [0.1, 0.15) is 25.0 Å². The fourth-order valence-corrected chi connectivity index (χ4v) is 2.98. The maximum Gasteiger partial charge on any atom is 0.203 e. The summed E-state index contributed by atoms with van der Waals surface area (Å²) >= 11 is 0. The largest absolute Gasteiger partial charge is 0.493 e. The number of hydrogen-bond donors (Lipinski definition) is 2. The van der Waals surface area contributed by atoms with Crippen molar-refractivity contribution in [1.82, 2.24) is 10.6 Å². The second-order valence-electron chi connectivity index (χ2n) is 6.76. The number of hydrogen-bond acceptors (Lipinski definition) is 5. The Morgan fingerprint density at radius 3 is 2.26 bits per heavy atom. The van der Waals surface area contributed by atoms with Crippen LogP contribution in [-0.2, 0) is 6.54 Å². The first-order valence-corrected chi connectivity index (χ1v) is 10.1. The molecule has 7 nitrogen and oxygen atoms in total. The van der Waals surface area contributed by atoms with Crippen molar-refractivity contribution in [3.8, 4) is 23.0 Å². The first kappa shape index (κ1) is 26.7. The summed E-state index contributed by atoms with van der Waals surface area (Å²) in [5.41, 5.74) is 2.02. The van der Waals surface area contributed by atoms with Crippen molar-refractivity contribution in [1.29, 1.82) is 0 Å². The Morgan fingerprint density at radius 2 is 1.65 bits per heavy atom. The van der Waals surface area contributed by atoms with Gasteiger partial charge in [-0.05, 0) is 44.5 Å². The number of nitrogens with one attached hydrogen (secondary N) is 2. The van der Waals surface area contributed by atoms with Gasteiger partial charge in [0, 0.05) is 12.1 Å². The standard InChI is InChI=1S/C23H33N3O4.HI/c1-7-24-23(25-14-17(3)30-19-11-9-8-10-16(19)2)26-15-18-12-13-20(27-4)22(29-6)21(18)28-5;/h8-13,17H,7,14-15H2,1-6H3,(H2,24,25,26);1H. The molecule has 2 aromatic carbocycles. The number of para-hydroxylation sites is 1. The van der Waals surface area contributed by atoms with Gasteiger partial charge in [0.05, 0.1) is 34.4 Å². The van der Waals surface area contributed by atoms with Crippen LogP contribution in [0.4, 0.5) is 0 Å². The van der Waals surface area contributed by atoms with Crippen LogP contribution in [0.15, 0.2) is 41.4 Å². The predicted molar refractivity (Wildman–Crippen MR) is 136 cm³/mol. The number of ether oxygens (including phenoxy) is 4. The van der Waals surface area contributed by atoms with E-state index in [-0.39, 0.29) is 30.1 Å². The van der Waals surface area contributed by atoms with E-state index in [4.69, 9.17) is 18.9 Å². The number of benzene rings is 2. The molecule has 0 saturated heterocycles. The third-order valence-electron chi connectivity index (χ3n) is 4.52. The van der Waals surface area contributed by atoms with Crippen LogP contribution in [0.25, 0.3) is 0 Å². The van der Waals surface area contributed by atoms with E-state index in [0.29, 0.717) is 36.3 Å². The molecular weight excluding hydrogens is 509 g/mol. The first-order valence-electron chi connectivity index (χ1n) is 10.1. The summed E-state index contributed by atoms with van der Waals surface area (Å²) in [5, 5.41) is 6.59. The molecule has 2 aromatic rings. The zero-order chi connectivity index (χ0) is 21.9. The highest BCUT2D eigenvalue weighted by atomic mass is 127. The number of halogens is 1. The fraction of sp³-hybridized carbons (Fsp3) is 0.435. The molecule has 172 valence electrons. The molecule has 0 aromatic heterocycles. The van der Waals surface area contributed by atoms with E-state index in [9.17, 15) is 0 Å². The van der Waals surface area contributed by atoms with Crippen molar-refractivity contribution in [3.63, 3.8) is 0 Å². The fourth-order valence-electron chi connectivity index (χ4n) is 2.98. The SMILES string of the molecule is CCNC(=NCc1ccc(OC)c(OC)c1OC)NCC(C)Oc1ccccc1C.I. The summed E-state index contributed by atoms with van der Waals surface area (Å²) in [4.78, 5) is 4.68. The van der Waals surface area contributed by atoms with Gasteiger partial charge in [-0.2, -0.15) is 0 Å². The average Bonchev–Trinajstić information content (AvgIpc) is 2.76. The van der Waals surface area contributed by atoms with Gasteiger partial charge in [-0.1, -0.05) is 18.2 Å². The van der Waals surface area contributed by atoms with Crippen molar-refractivity contribution in [2.45, 2.75) is 33.4 Å². The number of nitrogens with zero attached hydrogens (tertiary/aromatic N) is 1. The minimum atomic E-state index is -0.0226. The molecule has 0 aliphatic carbocycles. The summed E-state index contributed by atoms with van der Waals surface area (Å²) in [6, 6.07) is 11.8. The molecule has 0 saturated carbocycles. The van der Waals surface area contributed by atoms with E-state index in [2.05, 4.69) is 15.6 Å². The lowest BCUT2D eigenvalue weighted by Gasteiger charge is -2.19. The van der Waals surface area contributed by atoms with E-state index in [1.54, 1.807) is 21.3 Å². The van der Waals surface area contributed by atoms with Gasteiger partial charge >= 0.3 is 0 Å². The minimum absolute atomic E-state index is 0. The molecule has 1 unspecified atom stereocenters. The van der Waals surface area contributed by atoms with Gasteiger partial charge < -0.3 is 29.6 Å². The quantitative estimate of drug-likeness (QED) is 0.267. The molecule has 0 spiro atoms. The molecule has 1 atom stereocenters. The summed E-state index contributed by atoms with van der Waals surface area (Å²) < 4.78 is 22.4. The Balaban J connectivity index is 0.00000480. The van der Waals surface area contributed by atoms with E-state index >= 15 is 0 Å². The number of aryl methyl sites for hydroxylation is 1. The molecule has 0 fully saturated rings. The van der Waals surface area contributed by atoms with Crippen LogP contribution >= 0.6 is 24.0 Å². The third-order valence-corrected chi connectivity index (χ3v) is 4.52. The highest BCUT2D eigenvalue weighted by Gasteiger charge is 2.15. The van der Waals surface area contributed by atoms with Crippen LogP contribution < -0.4 is 29.6 Å². The number of methoxy groups -OCH3 is 3. The number of rotatable bonds is 10. The topological polar surface area (TPSA) is 73.3 Å². The molecule has 0 aliphatic rings. The van der Waals surface area contributed by atoms with Gasteiger partial charge in [0.15, 0.2) is 17.5 Å². The van der Waals surface area contributed by atoms with E-state index in [1.165, 1.54) is 0 Å². The van der Waals surface area contributed by atoms with Crippen LogP contribution in [0.2, 0.25) is 0 Å². The zero-order valence-corrected chi connectivity index (χ0v) is 21.5. The second-order valence-corrected chi connectivity index (χ2v) is 6.76. The highest BCUT2D eigenvalue weighted by Crippen LogP contribution is 2.39. The third kappa shape index (κ3) is 7.68. The van der Waals surface area contributed by atoms with Crippen molar-refractivity contribution in [2.24, 2.45) is 4.99 Å². The average molecular weight is 543 g/mol. The van der Waals surface area contributed by atoms with E-state index in [1.807, 2.05) is 57.2 Å². The first-order chi connectivity index (χ1) is 14.5. The lowest BCUT2D eigenvalue weighted by Crippen LogP contribution is -2.41. The monoisotopic (exact) mass is 543 g/mol. The van der Waals surface area contributed by atoms with Crippen LogP contribution in [0, 0.1) is 6.92 Å². The molecule has 0 heterocycles. The molecule has 0 radical (unpaired) electrons. The van der Waals surface area contributed by atoms with Crippen LogP contribution in [0.5, 0.6) is 23.0 Å².